The molecule has 1 aromatic heterocycles. The van der Waals surface area contributed by atoms with Gasteiger partial charge in [0.1, 0.15) is 5.82 Å². The molecule has 1 heterocycles. The van der Waals surface area contributed by atoms with Gasteiger partial charge in [0.05, 0.1) is 0 Å². The van der Waals surface area contributed by atoms with E-state index in [0.29, 0.717) is 11.5 Å². The Balaban J connectivity index is 2.05. The van der Waals surface area contributed by atoms with Crippen molar-refractivity contribution in [2.75, 3.05) is 12.4 Å². The van der Waals surface area contributed by atoms with Crippen LogP contribution in [-0.4, -0.2) is 29.2 Å². The van der Waals surface area contributed by atoms with Gasteiger partial charge in [-0.25, -0.2) is 0 Å². The summed E-state index contributed by atoms with van der Waals surface area (Å²) >= 11 is 0. The number of amides is 1. The van der Waals surface area contributed by atoms with Gasteiger partial charge in [0.25, 0.3) is 5.91 Å². The molecule has 1 fully saturated rings. The quantitative estimate of drug-likeness (QED) is 0.854. The number of hydrogen-bond donors (Lipinski definition) is 2. The number of carbonyl (C=O) groups excluding carboxylic acids is 1. The van der Waals surface area contributed by atoms with Crippen LogP contribution >= 0.6 is 0 Å². The van der Waals surface area contributed by atoms with E-state index >= 15 is 0 Å². The minimum atomic E-state index is -0.159. The monoisotopic (exact) mass is 248 g/mol. The van der Waals surface area contributed by atoms with Gasteiger partial charge in [-0.15, -0.1) is 10.2 Å². The Bertz CT molecular complexity index is 450. The smallest absolute Gasteiger partial charge is 0.272 e. The fourth-order valence-electron chi connectivity index (χ4n) is 2.35. The zero-order valence-electron chi connectivity index (χ0n) is 11.5. The van der Waals surface area contributed by atoms with Crippen LogP contribution < -0.4 is 10.6 Å². The van der Waals surface area contributed by atoms with E-state index in [-0.39, 0.29) is 22.8 Å². The molecule has 1 amide bonds. The molecule has 0 atom stereocenters. The molecule has 2 rings (SSSR count). The molecule has 18 heavy (non-hydrogen) atoms. The zero-order chi connectivity index (χ0) is 13.6. The molecule has 1 aromatic rings. The van der Waals surface area contributed by atoms with E-state index in [0.717, 1.165) is 0 Å². The van der Waals surface area contributed by atoms with Crippen molar-refractivity contribution >= 4 is 11.7 Å². The highest BCUT2D eigenvalue weighted by atomic mass is 16.2. The number of nitrogens with one attached hydrogen (secondary N) is 2. The molecule has 0 bridgehead atoms. The number of anilines is 1. The molecular formula is C13H20N4O. The molecule has 0 spiro atoms. The van der Waals surface area contributed by atoms with Gasteiger partial charge in [0, 0.05) is 13.1 Å². The SMILES string of the molecule is CNc1ccc(C(=O)NC2C(C)(C)C2(C)C)nn1. The molecule has 1 aliphatic carbocycles. The third-order valence-electron chi connectivity index (χ3n) is 4.45. The van der Waals surface area contributed by atoms with Gasteiger partial charge >= 0.3 is 0 Å². The number of rotatable bonds is 3. The summed E-state index contributed by atoms with van der Waals surface area (Å²) in [4.78, 5) is 12.0. The Morgan fingerprint density at radius 1 is 1.17 bits per heavy atom. The average Bonchev–Trinajstić information content (AvgIpc) is 2.72. The second-order valence-corrected chi connectivity index (χ2v) is 5.90. The summed E-state index contributed by atoms with van der Waals surface area (Å²) in [5.74, 6) is 0.493. The van der Waals surface area contributed by atoms with E-state index in [1.54, 1.807) is 19.2 Å². The highest BCUT2D eigenvalue weighted by Crippen LogP contribution is 2.62. The van der Waals surface area contributed by atoms with Crippen LogP contribution in [0.15, 0.2) is 12.1 Å². The van der Waals surface area contributed by atoms with Gasteiger partial charge in [-0.05, 0) is 23.0 Å². The second-order valence-electron chi connectivity index (χ2n) is 5.90. The summed E-state index contributed by atoms with van der Waals surface area (Å²) in [5, 5.41) is 13.7. The molecule has 0 aromatic carbocycles. The van der Waals surface area contributed by atoms with E-state index in [9.17, 15) is 4.79 Å². The third-order valence-corrected chi connectivity index (χ3v) is 4.45. The topological polar surface area (TPSA) is 66.9 Å². The first-order valence-corrected chi connectivity index (χ1v) is 6.13. The molecule has 5 heteroatoms. The van der Waals surface area contributed by atoms with Crippen LogP contribution in [0, 0.1) is 10.8 Å². The first-order chi connectivity index (χ1) is 8.30. The number of aromatic nitrogens is 2. The summed E-state index contributed by atoms with van der Waals surface area (Å²) in [5.41, 5.74) is 0.606. The Kier molecular flexibility index (Phi) is 2.80. The van der Waals surface area contributed by atoms with E-state index in [4.69, 9.17) is 0 Å². The van der Waals surface area contributed by atoms with Gasteiger partial charge < -0.3 is 10.6 Å². The Morgan fingerprint density at radius 2 is 1.78 bits per heavy atom. The van der Waals surface area contributed by atoms with Crippen molar-refractivity contribution in [1.82, 2.24) is 15.5 Å². The molecule has 0 unspecified atom stereocenters. The number of nitrogens with zero attached hydrogens (tertiary/aromatic N) is 2. The van der Waals surface area contributed by atoms with Crippen molar-refractivity contribution in [1.29, 1.82) is 0 Å². The third kappa shape index (κ3) is 1.83. The summed E-state index contributed by atoms with van der Waals surface area (Å²) in [6.07, 6.45) is 0. The van der Waals surface area contributed by atoms with Crippen molar-refractivity contribution in [2.45, 2.75) is 33.7 Å². The Labute approximate surface area is 107 Å². The standard InChI is InChI=1S/C13H20N4O/c1-12(2)11(13(12,3)4)15-10(18)8-6-7-9(14-5)17-16-8/h6-7,11H,1-5H3,(H,14,17)(H,15,18). The van der Waals surface area contributed by atoms with Crippen molar-refractivity contribution in [3.63, 3.8) is 0 Å². The molecule has 2 N–H and O–H groups in total. The lowest BCUT2D eigenvalue weighted by Gasteiger charge is -2.06. The number of hydrogen-bond acceptors (Lipinski definition) is 4. The van der Waals surface area contributed by atoms with E-state index < -0.39 is 0 Å². The molecule has 5 nitrogen and oxygen atoms in total. The summed E-state index contributed by atoms with van der Waals surface area (Å²) in [7, 11) is 1.76. The Hall–Kier alpha value is -1.65. The highest BCUT2D eigenvalue weighted by Gasteiger charge is 2.65. The molecule has 1 aliphatic rings. The lowest BCUT2D eigenvalue weighted by atomic mass is 10.0. The van der Waals surface area contributed by atoms with Gasteiger partial charge in [0.15, 0.2) is 5.69 Å². The fourth-order valence-corrected chi connectivity index (χ4v) is 2.35. The normalized spacial score (nSPS) is 20.3. The maximum absolute atomic E-state index is 12.0. The van der Waals surface area contributed by atoms with E-state index in [1.807, 2.05) is 0 Å². The summed E-state index contributed by atoms with van der Waals surface area (Å²) < 4.78 is 0. The largest absolute Gasteiger partial charge is 0.372 e. The summed E-state index contributed by atoms with van der Waals surface area (Å²) in [6, 6.07) is 3.60. The molecular weight excluding hydrogens is 228 g/mol. The average molecular weight is 248 g/mol. The molecule has 0 aliphatic heterocycles. The van der Waals surface area contributed by atoms with Crippen LogP contribution in [0.3, 0.4) is 0 Å². The molecule has 0 radical (unpaired) electrons. The van der Waals surface area contributed by atoms with Crippen LogP contribution in [0.25, 0.3) is 0 Å². The van der Waals surface area contributed by atoms with Gasteiger partial charge in [0.2, 0.25) is 0 Å². The van der Waals surface area contributed by atoms with Crippen molar-refractivity contribution in [2.24, 2.45) is 10.8 Å². The minimum absolute atomic E-state index is 0.126. The van der Waals surface area contributed by atoms with E-state index in [2.05, 4.69) is 48.5 Å². The van der Waals surface area contributed by atoms with Crippen LogP contribution in [0.5, 0.6) is 0 Å². The first kappa shape index (κ1) is 12.8. The van der Waals surface area contributed by atoms with Gasteiger partial charge in [-0.2, -0.15) is 0 Å². The lowest BCUT2D eigenvalue weighted by molar-refractivity contribution is 0.0937. The molecule has 98 valence electrons. The van der Waals surface area contributed by atoms with Gasteiger partial charge in [-0.1, -0.05) is 27.7 Å². The molecule has 1 saturated carbocycles. The highest BCUT2D eigenvalue weighted by molar-refractivity contribution is 5.92. The Morgan fingerprint density at radius 3 is 2.17 bits per heavy atom. The van der Waals surface area contributed by atoms with Crippen molar-refractivity contribution in [3.8, 4) is 0 Å². The maximum atomic E-state index is 12.0. The molecule has 0 saturated heterocycles. The second kappa shape index (κ2) is 3.93. The zero-order valence-corrected chi connectivity index (χ0v) is 11.5. The van der Waals surface area contributed by atoms with Crippen LogP contribution in [0.1, 0.15) is 38.2 Å². The lowest BCUT2D eigenvalue weighted by Crippen LogP contribution is -2.30. The van der Waals surface area contributed by atoms with Crippen LogP contribution in [0.4, 0.5) is 5.82 Å². The van der Waals surface area contributed by atoms with E-state index in [1.165, 1.54) is 0 Å². The minimum Gasteiger partial charge on any atom is -0.372 e. The van der Waals surface area contributed by atoms with Crippen molar-refractivity contribution in [3.05, 3.63) is 17.8 Å². The maximum Gasteiger partial charge on any atom is 0.272 e. The van der Waals surface area contributed by atoms with Gasteiger partial charge in [-0.3, -0.25) is 4.79 Å². The predicted molar refractivity (Wildman–Crippen MR) is 70.4 cm³/mol. The van der Waals surface area contributed by atoms with Crippen molar-refractivity contribution < 1.29 is 4.79 Å². The summed E-state index contributed by atoms with van der Waals surface area (Å²) in [6.45, 7) is 8.64. The fraction of sp³-hybridized carbons (Fsp3) is 0.615. The van der Waals surface area contributed by atoms with Crippen LogP contribution in [-0.2, 0) is 0 Å². The predicted octanol–water partition coefficient (Wildman–Crippen LogP) is 1.68. The number of carbonyl (C=O) groups is 1. The first-order valence-electron chi connectivity index (χ1n) is 6.13. The van der Waals surface area contributed by atoms with Crippen LogP contribution in [0.2, 0.25) is 0 Å².